The first-order valence-electron chi connectivity index (χ1n) is 5.25. The number of hydrogen-bond acceptors (Lipinski definition) is 5. The summed E-state index contributed by atoms with van der Waals surface area (Å²) in [6, 6.07) is 0.703. The first-order chi connectivity index (χ1) is 8.81. The van der Waals surface area contributed by atoms with Crippen molar-refractivity contribution in [1.29, 1.82) is 0 Å². The zero-order chi connectivity index (χ0) is 14.6. The number of primary amides is 1. The molecule has 0 saturated heterocycles. The number of aromatic nitrogens is 1. The minimum absolute atomic E-state index is 0.0578. The average molecular weight is 283 g/mol. The maximum absolute atomic E-state index is 11.3. The van der Waals surface area contributed by atoms with Crippen LogP contribution in [0.5, 0.6) is 0 Å². The SMILES string of the molecule is Cc1cc(C)c(C(=O)O)c(SCC(=O)NC(N)=O)n1. The normalized spacial score (nSPS) is 10.0. The van der Waals surface area contributed by atoms with E-state index in [0.29, 0.717) is 11.3 Å². The van der Waals surface area contributed by atoms with Gasteiger partial charge in [-0.15, -0.1) is 0 Å². The van der Waals surface area contributed by atoms with Crippen molar-refractivity contribution in [2.75, 3.05) is 5.75 Å². The second-order valence-corrected chi connectivity index (χ2v) is 4.73. The molecule has 1 aromatic heterocycles. The molecule has 0 unspecified atom stereocenters. The van der Waals surface area contributed by atoms with Crippen LogP contribution in [0.1, 0.15) is 21.6 Å². The van der Waals surface area contributed by atoms with Gasteiger partial charge in [0, 0.05) is 5.69 Å². The van der Waals surface area contributed by atoms with Crippen molar-refractivity contribution in [3.63, 3.8) is 0 Å². The summed E-state index contributed by atoms with van der Waals surface area (Å²) in [5.74, 6) is -1.85. The Labute approximate surface area is 113 Å². The number of carboxylic acid groups (broad SMARTS) is 1. The predicted molar refractivity (Wildman–Crippen MR) is 69.1 cm³/mol. The highest BCUT2D eigenvalue weighted by Crippen LogP contribution is 2.24. The average Bonchev–Trinajstić information content (AvgIpc) is 2.23. The van der Waals surface area contributed by atoms with Crippen molar-refractivity contribution in [2.45, 2.75) is 18.9 Å². The number of thioether (sulfide) groups is 1. The van der Waals surface area contributed by atoms with Crippen LogP contribution in [0.4, 0.5) is 4.79 Å². The summed E-state index contributed by atoms with van der Waals surface area (Å²) in [6.45, 7) is 3.39. The largest absolute Gasteiger partial charge is 0.478 e. The Bertz CT molecular complexity index is 545. The Morgan fingerprint density at radius 3 is 2.58 bits per heavy atom. The van der Waals surface area contributed by atoms with Gasteiger partial charge in [-0.3, -0.25) is 10.1 Å². The van der Waals surface area contributed by atoms with Gasteiger partial charge in [-0.1, -0.05) is 11.8 Å². The number of aromatic carboxylic acids is 1. The second-order valence-electron chi connectivity index (χ2n) is 3.77. The van der Waals surface area contributed by atoms with Gasteiger partial charge < -0.3 is 10.8 Å². The number of carboxylic acids is 1. The first-order valence-corrected chi connectivity index (χ1v) is 6.23. The number of imide groups is 1. The highest BCUT2D eigenvalue weighted by molar-refractivity contribution is 8.00. The van der Waals surface area contributed by atoms with Gasteiger partial charge in [-0.25, -0.2) is 14.6 Å². The summed E-state index contributed by atoms with van der Waals surface area (Å²) < 4.78 is 0. The van der Waals surface area contributed by atoms with E-state index in [2.05, 4.69) is 4.98 Å². The van der Waals surface area contributed by atoms with Gasteiger partial charge in [-0.05, 0) is 25.5 Å². The molecule has 19 heavy (non-hydrogen) atoms. The number of hydrogen-bond donors (Lipinski definition) is 3. The first kappa shape index (κ1) is 15.0. The molecule has 1 rings (SSSR count). The van der Waals surface area contributed by atoms with Crippen molar-refractivity contribution < 1.29 is 19.5 Å². The molecule has 0 aromatic carbocycles. The van der Waals surface area contributed by atoms with Crippen LogP contribution in [0, 0.1) is 13.8 Å². The molecule has 7 nitrogen and oxygen atoms in total. The minimum atomic E-state index is -1.11. The molecule has 0 spiro atoms. The third-order valence-electron chi connectivity index (χ3n) is 2.13. The van der Waals surface area contributed by atoms with E-state index in [1.54, 1.807) is 19.9 Å². The van der Waals surface area contributed by atoms with Crippen molar-refractivity contribution >= 4 is 29.7 Å². The van der Waals surface area contributed by atoms with Crippen LogP contribution in [-0.4, -0.2) is 33.8 Å². The fourth-order valence-electron chi connectivity index (χ4n) is 1.47. The maximum atomic E-state index is 11.3. The summed E-state index contributed by atoms with van der Waals surface area (Å²) in [5, 5.41) is 11.3. The number of urea groups is 1. The van der Waals surface area contributed by atoms with Gasteiger partial charge in [0.05, 0.1) is 11.3 Å². The molecule has 0 atom stereocenters. The van der Waals surface area contributed by atoms with Gasteiger partial charge >= 0.3 is 12.0 Å². The molecule has 1 heterocycles. The highest BCUT2D eigenvalue weighted by Gasteiger charge is 2.17. The van der Waals surface area contributed by atoms with E-state index >= 15 is 0 Å². The lowest BCUT2D eigenvalue weighted by molar-refractivity contribution is -0.117. The van der Waals surface area contributed by atoms with Crippen LogP contribution in [0.2, 0.25) is 0 Å². The number of rotatable bonds is 4. The van der Waals surface area contributed by atoms with Crippen molar-refractivity contribution in [2.24, 2.45) is 5.73 Å². The molecule has 0 bridgehead atoms. The Kier molecular flexibility index (Phi) is 4.87. The maximum Gasteiger partial charge on any atom is 0.338 e. The smallest absolute Gasteiger partial charge is 0.338 e. The van der Waals surface area contributed by atoms with E-state index in [4.69, 9.17) is 10.8 Å². The molecule has 102 valence electrons. The highest BCUT2D eigenvalue weighted by atomic mass is 32.2. The molecule has 0 radical (unpaired) electrons. The van der Waals surface area contributed by atoms with Crippen molar-refractivity contribution in [3.05, 3.63) is 22.9 Å². The van der Waals surface area contributed by atoms with E-state index in [1.807, 2.05) is 5.32 Å². The summed E-state index contributed by atoms with van der Waals surface area (Å²) in [6.07, 6.45) is 0. The zero-order valence-electron chi connectivity index (χ0n) is 10.4. The quantitative estimate of drug-likeness (QED) is 0.698. The van der Waals surface area contributed by atoms with Gasteiger partial charge in [0.2, 0.25) is 5.91 Å². The van der Waals surface area contributed by atoms with E-state index in [0.717, 1.165) is 11.8 Å². The van der Waals surface area contributed by atoms with Crippen LogP contribution in [-0.2, 0) is 4.79 Å². The lowest BCUT2D eigenvalue weighted by Gasteiger charge is -2.08. The molecular formula is C11H13N3O4S. The summed E-state index contributed by atoms with van der Waals surface area (Å²) in [4.78, 5) is 37.0. The minimum Gasteiger partial charge on any atom is -0.478 e. The molecular weight excluding hydrogens is 270 g/mol. The zero-order valence-corrected chi connectivity index (χ0v) is 11.2. The van der Waals surface area contributed by atoms with Crippen LogP contribution >= 0.6 is 11.8 Å². The lowest BCUT2D eigenvalue weighted by atomic mass is 10.1. The van der Waals surface area contributed by atoms with Gasteiger partial charge in [0.1, 0.15) is 5.03 Å². The number of carbonyl (C=O) groups is 3. The lowest BCUT2D eigenvalue weighted by Crippen LogP contribution is -2.36. The fourth-order valence-corrected chi connectivity index (χ4v) is 2.42. The molecule has 0 fully saturated rings. The molecule has 3 amide bonds. The number of carbonyl (C=O) groups excluding carboxylic acids is 2. The van der Waals surface area contributed by atoms with Crippen molar-refractivity contribution in [3.8, 4) is 0 Å². The molecule has 0 saturated carbocycles. The number of nitrogens with one attached hydrogen (secondary N) is 1. The number of nitrogens with zero attached hydrogens (tertiary/aromatic N) is 1. The molecule has 0 aliphatic heterocycles. The monoisotopic (exact) mass is 283 g/mol. The second kappa shape index (κ2) is 6.19. The molecule has 0 aliphatic rings. The molecule has 0 aliphatic carbocycles. The van der Waals surface area contributed by atoms with Crippen LogP contribution in [0.15, 0.2) is 11.1 Å². The van der Waals surface area contributed by atoms with Crippen LogP contribution in [0.25, 0.3) is 0 Å². The molecule has 4 N–H and O–H groups in total. The van der Waals surface area contributed by atoms with Gasteiger partial charge in [0.15, 0.2) is 0 Å². The number of amides is 3. The number of pyridine rings is 1. The Morgan fingerprint density at radius 2 is 2.05 bits per heavy atom. The van der Waals surface area contributed by atoms with Crippen LogP contribution < -0.4 is 11.1 Å². The Hall–Kier alpha value is -2.09. The third-order valence-corrected chi connectivity index (χ3v) is 3.10. The summed E-state index contributed by atoms with van der Waals surface area (Å²) in [5.41, 5.74) is 6.08. The van der Waals surface area contributed by atoms with E-state index in [-0.39, 0.29) is 16.3 Å². The van der Waals surface area contributed by atoms with E-state index in [1.165, 1.54) is 0 Å². The van der Waals surface area contributed by atoms with E-state index < -0.39 is 17.9 Å². The summed E-state index contributed by atoms with van der Waals surface area (Å²) >= 11 is 0.942. The Morgan fingerprint density at radius 1 is 1.42 bits per heavy atom. The van der Waals surface area contributed by atoms with Gasteiger partial charge in [0.25, 0.3) is 0 Å². The fraction of sp³-hybridized carbons (Fsp3) is 0.273. The summed E-state index contributed by atoms with van der Waals surface area (Å²) in [7, 11) is 0. The van der Waals surface area contributed by atoms with Crippen molar-refractivity contribution in [1.82, 2.24) is 10.3 Å². The predicted octanol–water partition coefficient (Wildman–Crippen LogP) is 0.684. The third kappa shape index (κ3) is 4.25. The van der Waals surface area contributed by atoms with Gasteiger partial charge in [-0.2, -0.15) is 0 Å². The topological polar surface area (TPSA) is 122 Å². The number of nitrogens with two attached hydrogens (primary N) is 1. The van der Waals surface area contributed by atoms with E-state index in [9.17, 15) is 14.4 Å². The standard InChI is InChI=1S/C11H13N3O4S/c1-5-3-6(2)13-9(8(5)10(16)17)19-4-7(15)14-11(12)18/h3H,4H2,1-2H3,(H,16,17)(H3,12,14,15,18). The molecule has 8 heteroatoms. The van der Waals surface area contributed by atoms with Crippen LogP contribution in [0.3, 0.4) is 0 Å². The number of aryl methyl sites for hydroxylation is 2. The Balaban J connectivity index is 2.91. The molecule has 1 aromatic rings.